The zero-order valence-electron chi connectivity index (χ0n) is 8.77. The molecule has 0 spiro atoms. The van der Waals surface area contributed by atoms with Gasteiger partial charge in [-0.15, -0.1) is 12.4 Å². The van der Waals surface area contributed by atoms with Gasteiger partial charge in [-0.05, 0) is 31.0 Å². The standard InChI is InChI=1S/C11H9FN2O2.ClH/c12-6-1-4-9-8(5-6)10(15)13-11(16)14(9)7-2-3-7;/h1,4-5,7H,2-3H2,(H,13,15,16);1H. The van der Waals surface area contributed by atoms with E-state index in [9.17, 15) is 14.0 Å². The fourth-order valence-electron chi connectivity index (χ4n) is 1.93. The molecule has 2 aromatic rings. The Labute approximate surface area is 101 Å². The van der Waals surface area contributed by atoms with Crippen LogP contribution in [-0.2, 0) is 0 Å². The monoisotopic (exact) mass is 256 g/mol. The van der Waals surface area contributed by atoms with Crippen molar-refractivity contribution < 1.29 is 4.39 Å². The summed E-state index contributed by atoms with van der Waals surface area (Å²) in [6.07, 6.45) is 1.86. The predicted octanol–water partition coefficient (Wildman–Crippen LogP) is 1.59. The van der Waals surface area contributed by atoms with Crippen molar-refractivity contribution in [1.82, 2.24) is 9.55 Å². The molecule has 1 N–H and O–H groups in total. The fraction of sp³-hybridized carbons (Fsp3) is 0.273. The summed E-state index contributed by atoms with van der Waals surface area (Å²) < 4.78 is 14.6. The average Bonchev–Trinajstić information content (AvgIpc) is 3.03. The van der Waals surface area contributed by atoms with E-state index in [1.54, 1.807) is 0 Å². The molecule has 0 saturated heterocycles. The van der Waals surface area contributed by atoms with Crippen LogP contribution in [0.15, 0.2) is 27.8 Å². The van der Waals surface area contributed by atoms with Gasteiger partial charge in [-0.25, -0.2) is 9.18 Å². The Morgan fingerprint density at radius 2 is 2.00 bits per heavy atom. The first-order valence-corrected chi connectivity index (χ1v) is 5.11. The van der Waals surface area contributed by atoms with Crippen LogP contribution in [0.2, 0.25) is 0 Å². The minimum absolute atomic E-state index is 0. The highest BCUT2D eigenvalue weighted by Crippen LogP contribution is 2.35. The number of rotatable bonds is 1. The SMILES string of the molecule is Cl.O=c1[nH]c(=O)n(C2CC2)c2ccc(F)cc12. The number of aromatic amines is 1. The van der Waals surface area contributed by atoms with Gasteiger partial charge < -0.3 is 0 Å². The summed E-state index contributed by atoms with van der Waals surface area (Å²) in [5.74, 6) is -0.473. The average molecular weight is 257 g/mol. The Kier molecular flexibility index (Phi) is 2.79. The van der Waals surface area contributed by atoms with Crippen molar-refractivity contribution >= 4 is 23.3 Å². The molecule has 1 aliphatic rings. The fourth-order valence-corrected chi connectivity index (χ4v) is 1.93. The summed E-state index contributed by atoms with van der Waals surface area (Å²) in [6.45, 7) is 0. The Morgan fingerprint density at radius 3 is 2.65 bits per heavy atom. The van der Waals surface area contributed by atoms with Crippen molar-refractivity contribution in [2.45, 2.75) is 18.9 Å². The van der Waals surface area contributed by atoms with Gasteiger partial charge in [0, 0.05) is 6.04 Å². The molecule has 0 unspecified atom stereocenters. The van der Waals surface area contributed by atoms with Gasteiger partial charge in [0.25, 0.3) is 5.56 Å². The Hall–Kier alpha value is -1.62. The first-order chi connectivity index (χ1) is 7.66. The van der Waals surface area contributed by atoms with Crippen LogP contribution in [-0.4, -0.2) is 9.55 Å². The molecule has 3 rings (SSSR count). The molecule has 0 atom stereocenters. The maximum Gasteiger partial charge on any atom is 0.329 e. The second-order valence-corrected chi connectivity index (χ2v) is 4.02. The van der Waals surface area contributed by atoms with Gasteiger partial charge in [0.05, 0.1) is 10.9 Å². The third-order valence-corrected chi connectivity index (χ3v) is 2.81. The molecule has 1 aromatic carbocycles. The van der Waals surface area contributed by atoms with Crippen LogP contribution in [0.4, 0.5) is 4.39 Å². The Morgan fingerprint density at radius 1 is 1.29 bits per heavy atom. The number of nitrogens with zero attached hydrogens (tertiary/aromatic N) is 1. The van der Waals surface area contributed by atoms with Crippen LogP contribution in [0.5, 0.6) is 0 Å². The van der Waals surface area contributed by atoms with Crippen molar-refractivity contribution in [2.24, 2.45) is 0 Å². The number of hydrogen-bond donors (Lipinski definition) is 1. The molecule has 1 heterocycles. The third-order valence-electron chi connectivity index (χ3n) is 2.81. The molecule has 17 heavy (non-hydrogen) atoms. The lowest BCUT2D eigenvalue weighted by atomic mass is 10.2. The summed E-state index contributed by atoms with van der Waals surface area (Å²) in [5.41, 5.74) is -0.430. The van der Waals surface area contributed by atoms with Gasteiger partial charge in [0.2, 0.25) is 0 Å². The minimum atomic E-state index is -0.531. The first kappa shape index (κ1) is 11.9. The van der Waals surface area contributed by atoms with Crippen molar-refractivity contribution in [1.29, 1.82) is 0 Å². The van der Waals surface area contributed by atoms with Crippen LogP contribution in [0, 0.1) is 5.82 Å². The number of halogens is 2. The van der Waals surface area contributed by atoms with Gasteiger partial charge in [-0.2, -0.15) is 0 Å². The number of H-pyrrole nitrogens is 1. The van der Waals surface area contributed by atoms with Crippen molar-refractivity contribution in [3.63, 3.8) is 0 Å². The van der Waals surface area contributed by atoms with Crippen LogP contribution >= 0.6 is 12.4 Å². The highest BCUT2D eigenvalue weighted by atomic mass is 35.5. The molecule has 1 fully saturated rings. The molecule has 90 valence electrons. The zero-order valence-corrected chi connectivity index (χ0v) is 9.59. The lowest BCUT2D eigenvalue weighted by Crippen LogP contribution is -2.29. The van der Waals surface area contributed by atoms with E-state index < -0.39 is 17.1 Å². The van der Waals surface area contributed by atoms with E-state index in [0.29, 0.717) is 5.52 Å². The maximum atomic E-state index is 13.0. The molecule has 0 bridgehead atoms. The number of fused-ring (bicyclic) bond motifs is 1. The van der Waals surface area contributed by atoms with E-state index in [1.807, 2.05) is 0 Å². The van der Waals surface area contributed by atoms with Crippen molar-refractivity contribution in [3.05, 3.63) is 44.9 Å². The molecule has 0 radical (unpaired) electrons. The molecule has 1 aliphatic carbocycles. The van der Waals surface area contributed by atoms with Gasteiger partial charge in [0.15, 0.2) is 0 Å². The van der Waals surface area contributed by atoms with E-state index >= 15 is 0 Å². The highest BCUT2D eigenvalue weighted by Gasteiger charge is 2.26. The van der Waals surface area contributed by atoms with E-state index in [1.165, 1.54) is 16.7 Å². The molecular formula is C11H10ClFN2O2. The second-order valence-electron chi connectivity index (χ2n) is 4.02. The summed E-state index contributed by atoms with van der Waals surface area (Å²) in [6, 6.07) is 4.06. The van der Waals surface area contributed by atoms with Crippen molar-refractivity contribution in [2.75, 3.05) is 0 Å². The predicted molar refractivity (Wildman–Crippen MR) is 64.3 cm³/mol. The van der Waals surface area contributed by atoms with Gasteiger partial charge >= 0.3 is 5.69 Å². The number of hydrogen-bond acceptors (Lipinski definition) is 2. The van der Waals surface area contributed by atoms with Crippen LogP contribution in [0.3, 0.4) is 0 Å². The molecular weight excluding hydrogens is 247 g/mol. The normalized spacial score (nSPS) is 14.6. The van der Waals surface area contributed by atoms with Gasteiger partial charge in [0.1, 0.15) is 5.82 Å². The van der Waals surface area contributed by atoms with Crippen molar-refractivity contribution in [3.8, 4) is 0 Å². The molecule has 1 aromatic heterocycles. The second kappa shape index (κ2) is 4.00. The number of benzene rings is 1. The lowest BCUT2D eigenvalue weighted by Gasteiger charge is -2.07. The molecule has 4 nitrogen and oxygen atoms in total. The van der Waals surface area contributed by atoms with Gasteiger partial charge in [-0.1, -0.05) is 0 Å². The summed E-state index contributed by atoms with van der Waals surface area (Å²) >= 11 is 0. The summed E-state index contributed by atoms with van der Waals surface area (Å²) in [4.78, 5) is 25.4. The highest BCUT2D eigenvalue weighted by molar-refractivity contribution is 5.85. The van der Waals surface area contributed by atoms with E-state index in [2.05, 4.69) is 4.98 Å². The largest absolute Gasteiger partial charge is 0.329 e. The quantitative estimate of drug-likeness (QED) is 0.842. The van der Waals surface area contributed by atoms with Gasteiger partial charge in [-0.3, -0.25) is 14.3 Å². The number of aromatic nitrogens is 2. The molecule has 0 aliphatic heterocycles. The Balaban J connectivity index is 0.00000108. The van der Waals surface area contributed by atoms with E-state index in [0.717, 1.165) is 18.9 Å². The molecule has 6 heteroatoms. The first-order valence-electron chi connectivity index (χ1n) is 5.11. The van der Waals surface area contributed by atoms with Crippen LogP contribution in [0.25, 0.3) is 10.9 Å². The summed E-state index contributed by atoms with van der Waals surface area (Å²) in [7, 11) is 0. The molecule has 1 saturated carbocycles. The third kappa shape index (κ3) is 1.86. The zero-order chi connectivity index (χ0) is 11.3. The summed E-state index contributed by atoms with van der Waals surface area (Å²) in [5, 5.41) is 0.228. The minimum Gasteiger partial charge on any atom is -0.290 e. The maximum absolute atomic E-state index is 13.0. The lowest BCUT2D eigenvalue weighted by molar-refractivity contribution is 0.628. The molecule has 0 amide bonds. The van der Waals surface area contributed by atoms with Crippen LogP contribution in [0.1, 0.15) is 18.9 Å². The number of nitrogens with one attached hydrogen (secondary N) is 1. The van der Waals surface area contributed by atoms with E-state index in [-0.39, 0.29) is 23.8 Å². The van der Waals surface area contributed by atoms with E-state index in [4.69, 9.17) is 0 Å². The Bertz CT molecular complexity index is 688. The topological polar surface area (TPSA) is 54.9 Å². The smallest absolute Gasteiger partial charge is 0.290 e. The van der Waals surface area contributed by atoms with Crippen LogP contribution < -0.4 is 11.2 Å².